The zero-order valence-electron chi connectivity index (χ0n) is 18.1. The van der Waals surface area contributed by atoms with E-state index in [1.54, 1.807) is 0 Å². The van der Waals surface area contributed by atoms with Crippen molar-refractivity contribution in [1.82, 2.24) is 4.90 Å². The summed E-state index contributed by atoms with van der Waals surface area (Å²) in [6.45, 7) is 4.36. The van der Waals surface area contributed by atoms with Crippen LogP contribution in [0.5, 0.6) is 0 Å². The Kier molecular flexibility index (Phi) is 17.3. The molecule has 0 amide bonds. The zero-order valence-corrected chi connectivity index (χ0v) is 18.1. The first-order valence-electron chi connectivity index (χ1n) is 11.5. The van der Waals surface area contributed by atoms with Gasteiger partial charge in [0.15, 0.2) is 0 Å². The van der Waals surface area contributed by atoms with Crippen LogP contribution < -0.4 is 0 Å². The van der Waals surface area contributed by atoms with E-state index < -0.39 is 5.72 Å². The van der Waals surface area contributed by atoms with E-state index in [9.17, 15) is 5.11 Å². The lowest BCUT2D eigenvalue weighted by Crippen LogP contribution is -2.43. The van der Waals surface area contributed by atoms with Crippen LogP contribution in [-0.2, 0) is 0 Å². The molecule has 0 rings (SSSR count). The van der Waals surface area contributed by atoms with Crippen LogP contribution in [0.1, 0.15) is 129 Å². The SMILES string of the molecule is CCCCCCCCCCCCCCCCCCC(O)(CC)N(C)C. The fourth-order valence-corrected chi connectivity index (χ4v) is 3.67. The summed E-state index contributed by atoms with van der Waals surface area (Å²) in [5.41, 5.74) is -0.587. The number of hydrogen-bond acceptors (Lipinski definition) is 2. The summed E-state index contributed by atoms with van der Waals surface area (Å²) in [6.07, 6.45) is 24.1. The molecule has 1 atom stereocenters. The third-order valence-corrected chi connectivity index (χ3v) is 5.83. The molecule has 0 aromatic carbocycles. The number of rotatable bonds is 19. The summed E-state index contributed by atoms with van der Waals surface area (Å²) < 4.78 is 0. The normalized spacial score (nSPS) is 14.2. The second-order valence-electron chi connectivity index (χ2n) is 8.28. The fourth-order valence-electron chi connectivity index (χ4n) is 3.67. The Morgan fingerprint density at radius 2 is 0.880 bits per heavy atom. The minimum Gasteiger partial charge on any atom is -0.376 e. The van der Waals surface area contributed by atoms with E-state index in [0.717, 1.165) is 19.3 Å². The van der Waals surface area contributed by atoms with Crippen LogP contribution in [0.4, 0.5) is 0 Å². The van der Waals surface area contributed by atoms with E-state index in [1.165, 1.54) is 96.3 Å². The molecule has 0 radical (unpaired) electrons. The molecule has 0 aliphatic rings. The van der Waals surface area contributed by atoms with Gasteiger partial charge in [-0.3, -0.25) is 4.90 Å². The molecule has 0 saturated heterocycles. The van der Waals surface area contributed by atoms with E-state index in [4.69, 9.17) is 0 Å². The predicted molar refractivity (Wildman–Crippen MR) is 113 cm³/mol. The Morgan fingerprint density at radius 3 is 1.16 bits per heavy atom. The second-order valence-corrected chi connectivity index (χ2v) is 8.28. The van der Waals surface area contributed by atoms with Crippen molar-refractivity contribution in [3.8, 4) is 0 Å². The van der Waals surface area contributed by atoms with Gasteiger partial charge in [-0.05, 0) is 33.4 Å². The third kappa shape index (κ3) is 14.7. The molecule has 0 saturated carbocycles. The lowest BCUT2D eigenvalue weighted by Gasteiger charge is -2.34. The minimum atomic E-state index is -0.587. The summed E-state index contributed by atoms with van der Waals surface area (Å²) in [5, 5.41) is 10.4. The maximum absolute atomic E-state index is 10.4. The van der Waals surface area contributed by atoms with Gasteiger partial charge in [0.25, 0.3) is 0 Å². The predicted octanol–water partition coefficient (Wildman–Crippen LogP) is 7.30. The van der Waals surface area contributed by atoms with Crippen LogP contribution >= 0.6 is 0 Å². The van der Waals surface area contributed by atoms with Gasteiger partial charge in [-0.1, -0.05) is 110 Å². The van der Waals surface area contributed by atoms with Crippen molar-refractivity contribution in [2.75, 3.05) is 14.1 Å². The van der Waals surface area contributed by atoms with Gasteiger partial charge in [-0.25, -0.2) is 0 Å². The molecule has 0 spiro atoms. The van der Waals surface area contributed by atoms with Gasteiger partial charge in [-0.15, -0.1) is 0 Å². The summed E-state index contributed by atoms with van der Waals surface area (Å²) in [4.78, 5) is 1.97. The van der Waals surface area contributed by atoms with E-state index in [-0.39, 0.29) is 0 Å². The Morgan fingerprint density at radius 1 is 0.560 bits per heavy atom. The molecular weight excluding hydrogens is 306 g/mol. The quantitative estimate of drug-likeness (QED) is 0.194. The first-order chi connectivity index (χ1) is 12.1. The van der Waals surface area contributed by atoms with Crippen LogP contribution in [-0.4, -0.2) is 29.8 Å². The van der Waals surface area contributed by atoms with Crippen molar-refractivity contribution >= 4 is 0 Å². The monoisotopic (exact) mass is 355 g/mol. The van der Waals surface area contributed by atoms with E-state index in [1.807, 2.05) is 19.0 Å². The Hall–Kier alpha value is -0.0800. The maximum atomic E-state index is 10.4. The van der Waals surface area contributed by atoms with Gasteiger partial charge in [0.1, 0.15) is 5.72 Å². The standard InChI is InChI=1S/C23H49NO/c1-5-7-8-9-10-11-12-13-14-15-16-17-18-19-20-21-22-23(25,6-2)24(3)4/h25H,5-22H2,1-4H3. The van der Waals surface area contributed by atoms with Crippen LogP contribution in [0.3, 0.4) is 0 Å². The molecule has 2 nitrogen and oxygen atoms in total. The average Bonchev–Trinajstić information content (AvgIpc) is 2.61. The molecule has 0 aromatic rings. The highest BCUT2D eigenvalue weighted by atomic mass is 16.3. The van der Waals surface area contributed by atoms with Crippen molar-refractivity contribution in [3.63, 3.8) is 0 Å². The molecule has 0 aliphatic heterocycles. The average molecular weight is 356 g/mol. The molecule has 1 unspecified atom stereocenters. The highest BCUT2D eigenvalue weighted by Crippen LogP contribution is 2.22. The van der Waals surface area contributed by atoms with Gasteiger partial charge in [0.05, 0.1) is 0 Å². The molecule has 0 heterocycles. The van der Waals surface area contributed by atoms with Crippen LogP contribution in [0.2, 0.25) is 0 Å². The van der Waals surface area contributed by atoms with Gasteiger partial charge >= 0.3 is 0 Å². The second kappa shape index (κ2) is 17.3. The largest absolute Gasteiger partial charge is 0.376 e. The number of aliphatic hydroxyl groups is 1. The lowest BCUT2D eigenvalue weighted by atomic mass is 9.99. The molecule has 0 bridgehead atoms. The summed E-state index contributed by atoms with van der Waals surface area (Å²) in [6, 6.07) is 0. The molecule has 0 aromatic heterocycles. The Bertz CT molecular complexity index is 267. The number of nitrogens with zero attached hydrogens (tertiary/aromatic N) is 1. The molecule has 1 N–H and O–H groups in total. The highest BCUT2D eigenvalue weighted by molar-refractivity contribution is 4.73. The molecule has 0 fully saturated rings. The van der Waals surface area contributed by atoms with E-state index in [2.05, 4.69) is 13.8 Å². The summed E-state index contributed by atoms with van der Waals surface area (Å²) in [7, 11) is 3.96. The zero-order chi connectivity index (χ0) is 18.8. The number of hydrogen-bond donors (Lipinski definition) is 1. The van der Waals surface area contributed by atoms with Gasteiger partial charge in [-0.2, -0.15) is 0 Å². The van der Waals surface area contributed by atoms with Crippen molar-refractivity contribution < 1.29 is 5.11 Å². The van der Waals surface area contributed by atoms with Gasteiger partial charge in [0.2, 0.25) is 0 Å². The molecule has 152 valence electrons. The van der Waals surface area contributed by atoms with Crippen molar-refractivity contribution in [2.24, 2.45) is 0 Å². The minimum absolute atomic E-state index is 0.587. The maximum Gasteiger partial charge on any atom is 0.117 e. The topological polar surface area (TPSA) is 23.5 Å². The van der Waals surface area contributed by atoms with Crippen LogP contribution in [0, 0.1) is 0 Å². The smallest absolute Gasteiger partial charge is 0.117 e. The summed E-state index contributed by atoms with van der Waals surface area (Å²) >= 11 is 0. The Labute approximate surface area is 159 Å². The van der Waals surface area contributed by atoms with Crippen molar-refractivity contribution in [1.29, 1.82) is 0 Å². The molecule has 2 heteroatoms. The molecule has 25 heavy (non-hydrogen) atoms. The first kappa shape index (κ1) is 24.9. The first-order valence-corrected chi connectivity index (χ1v) is 11.5. The lowest BCUT2D eigenvalue weighted by molar-refractivity contribution is -0.0926. The Balaban J connectivity index is 3.22. The molecular formula is C23H49NO. The highest BCUT2D eigenvalue weighted by Gasteiger charge is 2.25. The van der Waals surface area contributed by atoms with Crippen molar-refractivity contribution in [2.45, 2.75) is 135 Å². The van der Waals surface area contributed by atoms with Gasteiger partial charge < -0.3 is 5.11 Å². The van der Waals surface area contributed by atoms with Crippen LogP contribution in [0.25, 0.3) is 0 Å². The third-order valence-electron chi connectivity index (χ3n) is 5.83. The van der Waals surface area contributed by atoms with Crippen molar-refractivity contribution in [3.05, 3.63) is 0 Å². The number of unbranched alkanes of at least 4 members (excludes halogenated alkanes) is 15. The van der Waals surface area contributed by atoms with Crippen LogP contribution in [0.15, 0.2) is 0 Å². The molecule has 0 aliphatic carbocycles. The summed E-state index contributed by atoms with van der Waals surface area (Å²) in [5.74, 6) is 0. The van der Waals surface area contributed by atoms with E-state index >= 15 is 0 Å². The fraction of sp³-hybridized carbons (Fsp3) is 1.00. The van der Waals surface area contributed by atoms with Gasteiger partial charge in [0, 0.05) is 0 Å². The van der Waals surface area contributed by atoms with E-state index in [0.29, 0.717) is 0 Å².